The zero-order valence-electron chi connectivity index (χ0n) is 12.8. The van der Waals surface area contributed by atoms with Gasteiger partial charge in [-0.3, -0.25) is 0 Å². The monoisotopic (exact) mass is 307 g/mol. The van der Waals surface area contributed by atoms with Crippen molar-refractivity contribution in [2.24, 2.45) is 0 Å². The van der Waals surface area contributed by atoms with E-state index in [0.717, 1.165) is 24.2 Å². The van der Waals surface area contributed by atoms with Gasteiger partial charge in [-0.05, 0) is 31.5 Å². The number of thiazole rings is 1. The number of para-hydroxylation sites is 1. The maximum atomic E-state index is 14.3. The summed E-state index contributed by atoms with van der Waals surface area (Å²) >= 11 is 1.56. The van der Waals surface area contributed by atoms with Gasteiger partial charge < -0.3 is 10.2 Å². The molecule has 0 aliphatic heterocycles. The third-order valence-corrected chi connectivity index (χ3v) is 4.08. The number of nitrogens with one attached hydrogen (secondary N) is 1. The molecule has 0 bridgehead atoms. The number of halogens is 1. The maximum absolute atomic E-state index is 14.3. The predicted molar refractivity (Wildman–Crippen MR) is 87.3 cm³/mol. The molecule has 0 saturated heterocycles. The van der Waals surface area contributed by atoms with E-state index in [4.69, 9.17) is 0 Å². The van der Waals surface area contributed by atoms with Crippen molar-refractivity contribution in [1.29, 1.82) is 0 Å². The van der Waals surface area contributed by atoms with Gasteiger partial charge in [0.2, 0.25) is 0 Å². The minimum Gasteiger partial charge on any atom is -0.366 e. The Labute approximate surface area is 129 Å². The average molecular weight is 307 g/mol. The first-order valence-corrected chi connectivity index (χ1v) is 8.17. The van der Waals surface area contributed by atoms with Crippen LogP contribution in [0.4, 0.5) is 10.1 Å². The quantitative estimate of drug-likeness (QED) is 0.838. The van der Waals surface area contributed by atoms with Crippen molar-refractivity contribution in [3.8, 4) is 0 Å². The molecular weight excluding hydrogens is 285 g/mol. The summed E-state index contributed by atoms with van der Waals surface area (Å²) in [6.07, 6.45) is 1.06. The minimum atomic E-state index is -0.185. The van der Waals surface area contributed by atoms with E-state index in [1.807, 2.05) is 23.4 Å². The Morgan fingerprint density at radius 1 is 1.43 bits per heavy atom. The molecule has 2 rings (SSSR count). The summed E-state index contributed by atoms with van der Waals surface area (Å²) in [4.78, 5) is 6.21. The van der Waals surface area contributed by atoms with Gasteiger partial charge in [0.1, 0.15) is 5.82 Å². The Kier molecular flexibility index (Phi) is 5.70. The zero-order chi connectivity index (χ0) is 15.2. The molecule has 114 valence electrons. The average Bonchev–Trinajstić information content (AvgIpc) is 2.97. The normalized spacial score (nSPS) is 12.4. The molecule has 21 heavy (non-hydrogen) atoms. The van der Waals surface area contributed by atoms with Crippen LogP contribution in [0.1, 0.15) is 37.6 Å². The van der Waals surface area contributed by atoms with E-state index in [0.29, 0.717) is 12.2 Å². The number of aromatic nitrogens is 1. The molecule has 1 unspecified atom stereocenters. The van der Waals surface area contributed by atoms with Crippen LogP contribution in [0.3, 0.4) is 0 Å². The van der Waals surface area contributed by atoms with E-state index < -0.39 is 0 Å². The molecule has 1 atom stereocenters. The van der Waals surface area contributed by atoms with Crippen molar-refractivity contribution in [3.05, 3.63) is 46.2 Å². The van der Waals surface area contributed by atoms with Gasteiger partial charge in [0.25, 0.3) is 0 Å². The van der Waals surface area contributed by atoms with Gasteiger partial charge in [0.05, 0.1) is 23.4 Å². The second-order valence-electron chi connectivity index (χ2n) is 5.19. The molecular formula is C16H22FN3S. The minimum absolute atomic E-state index is 0.119. The van der Waals surface area contributed by atoms with Crippen LogP contribution in [-0.4, -0.2) is 18.6 Å². The predicted octanol–water partition coefficient (Wildman–Crippen LogP) is 3.98. The number of hydrogen-bond acceptors (Lipinski definition) is 4. The van der Waals surface area contributed by atoms with Crippen LogP contribution in [0.25, 0.3) is 0 Å². The van der Waals surface area contributed by atoms with Crippen molar-refractivity contribution >= 4 is 17.0 Å². The highest BCUT2D eigenvalue weighted by atomic mass is 32.1. The zero-order valence-corrected chi connectivity index (χ0v) is 13.6. The molecule has 0 aliphatic rings. The second kappa shape index (κ2) is 7.52. The van der Waals surface area contributed by atoms with E-state index in [-0.39, 0.29) is 11.9 Å². The summed E-state index contributed by atoms with van der Waals surface area (Å²) in [5, 5.41) is 5.42. The lowest BCUT2D eigenvalue weighted by Crippen LogP contribution is -2.25. The lowest BCUT2D eigenvalue weighted by Gasteiger charge is -2.25. The van der Waals surface area contributed by atoms with Gasteiger partial charge in [0, 0.05) is 18.5 Å². The number of rotatable bonds is 7. The van der Waals surface area contributed by atoms with Gasteiger partial charge >= 0.3 is 0 Å². The van der Waals surface area contributed by atoms with Crippen LogP contribution in [0, 0.1) is 5.82 Å². The standard InChI is InChI=1S/C16H22FN3S/c1-4-8-18-12(2)14-6-5-7-15(17)16(14)20(3)9-13-10-21-11-19-13/h5-7,10-12,18H,4,8-9H2,1-3H3. The third-order valence-electron chi connectivity index (χ3n) is 3.45. The third kappa shape index (κ3) is 4.02. The molecule has 5 heteroatoms. The lowest BCUT2D eigenvalue weighted by atomic mass is 10.0. The summed E-state index contributed by atoms with van der Waals surface area (Å²) in [6, 6.07) is 5.40. The highest BCUT2D eigenvalue weighted by molar-refractivity contribution is 7.07. The molecule has 0 radical (unpaired) electrons. The Bertz CT molecular complexity index is 557. The van der Waals surface area contributed by atoms with Crippen LogP contribution >= 0.6 is 11.3 Å². The van der Waals surface area contributed by atoms with E-state index in [1.54, 1.807) is 22.9 Å². The maximum Gasteiger partial charge on any atom is 0.146 e. The molecule has 0 spiro atoms. The second-order valence-corrected chi connectivity index (χ2v) is 5.91. The van der Waals surface area contributed by atoms with E-state index in [1.165, 1.54) is 6.07 Å². The summed E-state index contributed by atoms with van der Waals surface area (Å²) in [6.45, 7) is 5.73. The molecule has 1 aromatic carbocycles. The number of hydrogen-bond donors (Lipinski definition) is 1. The van der Waals surface area contributed by atoms with Crippen molar-refractivity contribution in [1.82, 2.24) is 10.3 Å². The summed E-state index contributed by atoms with van der Waals surface area (Å²) in [5.41, 5.74) is 4.41. The fourth-order valence-electron chi connectivity index (χ4n) is 2.39. The molecule has 1 N–H and O–H groups in total. The van der Waals surface area contributed by atoms with Gasteiger partial charge in [0.15, 0.2) is 0 Å². The number of anilines is 1. The number of benzene rings is 1. The number of nitrogens with zero attached hydrogens (tertiary/aromatic N) is 2. The first-order valence-electron chi connectivity index (χ1n) is 7.23. The molecule has 1 heterocycles. The van der Waals surface area contributed by atoms with Crippen LogP contribution in [0.15, 0.2) is 29.1 Å². The SMILES string of the molecule is CCCNC(C)c1cccc(F)c1N(C)Cc1cscn1. The van der Waals surface area contributed by atoms with Crippen molar-refractivity contribution in [3.63, 3.8) is 0 Å². The van der Waals surface area contributed by atoms with Crippen molar-refractivity contribution in [2.75, 3.05) is 18.5 Å². The van der Waals surface area contributed by atoms with Crippen LogP contribution < -0.4 is 10.2 Å². The molecule has 3 nitrogen and oxygen atoms in total. The molecule has 2 aromatic rings. The lowest BCUT2D eigenvalue weighted by molar-refractivity contribution is 0.560. The summed E-state index contributed by atoms with van der Waals surface area (Å²) in [7, 11) is 1.91. The fourth-order valence-corrected chi connectivity index (χ4v) is 2.94. The van der Waals surface area contributed by atoms with E-state index >= 15 is 0 Å². The van der Waals surface area contributed by atoms with E-state index in [2.05, 4.69) is 24.1 Å². The van der Waals surface area contributed by atoms with Crippen LogP contribution in [0.2, 0.25) is 0 Å². The Balaban J connectivity index is 2.24. The molecule has 0 amide bonds. The van der Waals surface area contributed by atoms with Crippen molar-refractivity contribution < 1.29 is 4.39 Å². The fraction of sp³-hybridized carbons (Fsp3) is 0.438. The molecule has 1 aromatic heterocycles. The first-order chi connectivity index (χ1) is 10.1. The molecule has 0 aliphatic carbocycles. The topological polar surface area (TPSA) is 28.2 Å². The summed E-state index contributed by atoms with van der Waals surface area (Å²) < 4.78 is 14.3. The Morgan fingerprint density at radius 2 is 2.24 bits per heavy atom. The highest BCUT2D eigenvalue weighted by Gasteiger charge is 2.17. The first kappa shape index (κ1) is 15.9. The highest BCUT2D eigenvalue weighted by Crippen LogP contribution is 2.29. The summed E-state index contributed by atoms with van der Waals surface area (Å²) in [5.74, 6) is -0.185. The van der Waals surface area contributed by atoms with Crippen LogP contribution in [-0.2, 0) is 6.54 Å². The van der Waals surface area contributed by atoms with Gasteiger partial charge in [-0.2, -0.15) is 0 Å². The molecule has 0 saturated carbocycles. The Hall–Kier alpha value is -1.46. The van der Waals surface area contributed by atoms with E-state index in [9.17, 15) is 4.39 Å². The van der Waals surface area contributed by atoms with Gasteiger partial charge in [-0.15, -0.1) is 11.3 Å². The smallest absolute Gasteiger partial charge is 0.146 e. The van der Waals surface area contributed by atoms with Crippen molar-refractivity contribution in [2.45, 2.75) is 32.9 Å². The van der Waals surface area contributed by atoms with Crippen LogP contribution in [0.5, 0.6) is 0 Å². The van der Waals surface area contributed by atoms with Gasteiger partial charge in [-0.25, -0.2) is 9.37 Å². The Morgan fingerprint density at radius 3 is 2.90 bits per heavy atom. The largest absolute Gasteiger partial charge is 0.366 e. The molecule has 0 fully saturated rings. The van der Waals surface area contributed by atoms with Gasteiger partial charge in [-0.1, -0.05) is 19.1 Å².